The molecule has 0 aromatic rings. The maximum absolute atomic E-state index is 12.2. The minimum absolute atomic E-state index is 0.0542. The lowest BCUT2D eigenvalue weighted by molar-refractivity contribution is -0.128. The second-order valence-corrected chi connectivity index (χ2v) is 13.5. The van der Waals surface area contributed by atoms with Crippen LogP contribution in [-0.2, 0) is 9.53 Å². The molecule has 0 aromatic carbocycles. The number of ketones is 1. The summed E-state index contributed by atoms with van der Waals surface area (Å²) in [6.45, 7) is 14.4. The molecule has 0 aromatic heterocycles. The van der Waals surface area contributed by atoms with Gasteiger partial charge in [0.05, 0.1) is 6.10 Å². The summed E-state index contributed by atoms with van der Waals surface area (Å²) in [5, 5.41) is 0. The van der Waals surface area contributed by atoms with Crippen LogP contribution in [0.1, 0.15) is 112 Å². The number of epoxide rings is 1. The number of carbonyl (C=O) groups excluding carboxylic acids is 1. The van der Waals surface area contributed by atoms with Crippen LogP contribution >= 0.6 is 0 Å². The molecule has 0 bridgehead atoms. The summed E-state index contributed by atoms with van der Waals surface area (Å²) in [6.07, 6.45) is 15.1. The maximum Gasteiger partial charge on any atom is 0.135 e. The van der Waals surface area contributed by atoms with Crippen LogP contribution in [0.5, 0.6) is 0 Å². The molecule has 1 saturated heterocycles. The van der Waals surface area contributed by atoms with E-state index in [1.807, 2.05) is 0 Å². The van der Waals surface area contributed by atoms with Gasteiger partial charge in [0.15, 0.2) is 0 Å². The van der Waals surface area contributed by atoms with Crippen molar-refractivity contribution in [1.82, 2.24) is 0 Å². The number of Topliss-reactive ketones (excluding diaryl/α,β-unsaturated/α-hetero) is 1. The number of hydrogen-bond acceptors (Lipinski definition) is 2. The summed E-state index contributed by atoms with van der Waals surface area (Å²) in [5.74, 6) is 5.88. The Morgan fingerprint density at radius 1 is 0.935 bits per heavy atom. The quantitative estimate of drug-likeness (QED) is 0.411. The summed E-state index contributed by atoms with van der Waals surface area (Å²) < 4.78 is 6.53. The molecule has 4 aliphatic carbocycles. The van der Waals surface area contributed by atoms with Crippen LogP contribution in [0.25, 0.3) is 0 Å². The van der Waals surface area contributed by atoms with Crippen molar-refractivity contribution in [3.8, 4) is 0 Å². The number of rotatable bonds is 6. The van der Waals surface area contributed by atoms with Gasteiger partial charge in [-0.1, -0.05) is 53.9 Å². The monoisotopic (exact) mass is 428 g/mol. The average Bonchev–Trinajstić information content (AvgIpc) is 3.33. The van der Waals surface area contributed by atoms with Gasteiger partial charge in [0, 0.05) is 11.3 Å². The number of hydrogen-bond donors (Lipinski definition) is 0. The SMILES string of the molecule is CC(=O)[C@H]1CC[C@]2(C)[C@H]3CC[C@]4(C)[C@@H]([C@H](C)CCCC(C)C)CC[C@H]4[C@@H]3CC[C@]23O[C@H]13. The topological polar surface area (TPSA) is 29.6 Å². The molecule has 1 heterocycles. The van der Waals surface area contributed by atoms with Crippen molar-refractivity contribution in [2.45, 2.75) is 124 Å². The third kappa shape index (κ3) is 3.16. The zero-order valence-electron chi connectivity index (χ0n) is 21.2. The molecule has 0 radical (unpaired) electrons. The zero-order chi connectivity index (χ0) is 22.2. The van der Waals surface area contributed by atoms with Crippen LogP contribution < -0.4 is 0 Å². The first-order valence-corrected chi connectivity index (χ1v) is 13.8. The van der Waals surface area contributed by atoms with Crippen molar-refractivity contribution in [2.75, 3.05) is 0 Å². The fourth-order valence-electron chi connectivity index (χ4n) is 10.2. The van der Waals surface area contributed by atoms with Crippen molar-refractivity contribution >= 4 is 5.78 Å². The van der Waals surface area contributed by atoms with Crippen LogP contribution in [0, 0.1) is 52.3 Å². The molecule has 5 fully saturated rings. The molecule has 0 N–H and O–H groups in total. The Labute approximate surface area is 191 Å². The second kappa shape index (κ2) is 7.57. The Bertz CT molecular complexity index is 714. The Balaban J connectivity index is 1.32. The number of ether oxygens (including phenoxy) is 1. The fraction of sp³-hybridized carbons (Fsp3) is 0.966. The largest absolute Gasteiger partial charge is 0.365 e. The van der Waals surface area contributed by atoms with Gasteiger partial charge in [-0.25, -0.2) is 0 Å². The molecule has 5 aliphatic rings. The first kappa shape index (κ1) is 22.4. The Morgan fingerprint density at radius 2 is 1.71 bits per heavy atom. The highest BCUT2D eigenvalue weighted by Gasteiger charge is 2.76. The lowest BCUT2D eigenvalue weighted by atomic mass is 9.43. The average molecular weight is 429 g/mol. The normalized spacial score (nSPS) is 51.5. The molecular weight excluding hydrogens is 380 g/mol. The van der Waals surface area contributed by atoms with Gasteiger partial charge >= 0.3 is 0 Å². The number of carbonyl (C=O) groups is 1. The molecule has 0 unspecified atom stereocenters. The minimum atomic E-state index is 0.0542. The standard InChI is InChI=1S/C29H48O2/c1-18(2)8-7-9-19(3)23-10-11-24-22-13-17-29-26(31-29)21(20(4)30)12-16-28(29,6)25(22)14-15-27(23,24)5/h18-19,21-26H,7-17H2,1-6H3/t19-,21-,22+,23-,24+,25+,26-,27-,28-,29-/m1/s1. The molecule has 5 rings (SSSR count). The Morgan fingerprint density at radius 3 is 2.42 bits per heavy atom. The Kier molecular flexibility index (Phi) is 5.48. The summed E-state index contributed by atoms with van der Waals surface area (Å²) in [6, 6.07) is 0. The van der Waals surface area contributed by atoms with Gasteiger partial charge in [-0.05, 0) is 99.2 Å². The van der Waals surface area contributed by atoms with Crippen molar-refractivity contribution in [2.24, 2.45) is 52.3 Å². The van der Waals surface area contributed by atoms with Gasteiger partial charge < -0.3 is 4.74 Å². The van der Waals surface area contributed by atoms with Gasteiger partial charge in [0.1, 0.15) is 11.4 Å². The van der Waals surface area contributed by atoms with E-state index in [0.717, 1.165) is 41.9 Å². The van der Waals surface area contributed by atoms with Crippen LogP contribution in [0.2, 0.25) is 0 Å². The van der Waals surface area contributed by atoms with Gasteiger partial charge in [-0.3, -0.25) is 4.79 Å². The summed E-state index contributed by atoms with van der Waals surface area (Å²) in [5.41, 5.74) is 0.938. The molecule has 31 heavy (non-hydrogen) atoms. The van der Waals surface area contributed by atoms with E-state index in [4.69, 9.17) is 4.74 Å². The predicted octanol–water partition coefficient (Wildman–Crippen LogP) is 7.44. The molecule has 1 aliphatic heterocycles. The molecule has 2 heteroatoms. The van der Waals surface area contributed by atoms with Crippen molar-refractivity contribution in [3.63, 3.8) is 0 Å². The fourth-order valence-corrected chi connectivity index (χ4v) is 10.2. The highest BCUT2D eigenvalue weighted by atomic mass is 16.6. The summed E-state index contributed by atoms with van der Waals surface area (Å²) in [7, 11) is 0. The second-order valence-electron chi connectivity index (χ2n) is 13.5. The van der Waals surface area contributed by atoms with E-state index in [-0.39, 0.29) is 17.6 Å². The van der Waals surface area contributed by atoms with Crippen LogP contribution in [-0.4, -0.2) is 17.5 Å². The molecule has 1 spiro atoms. The predicted molar refractivity (Wildman–Crippen MR) is 127 cm³/mol. The van der Waals surface area contributed by atoms with Crippen molar-refractivity contribution < 1.29 is 9.53 Å². The van der Waals surface area contributed by atoms with E-state index in [1.165, 1.54) is 64.2 Å². The summed E-state index contributed by atoms with van der Waals surface area (Å²) in [4.78, 5) is 12.2. The van der Waals surface area contributed by atoms with E-state index in [1.54, 1.807) is 6.92 Å². The van der Waals surface area contributed by atoms with E-state index in [0.29, 0.717) is 16.6 Å². The van der Waals surface area contributed by atoms with Crippen LogP contribution in [0.4, 0.5) is 0 Å². The third-order valence-electron chi connectivity index (χ3n) is 11.9. The van der Waals surface area contributed by atoms with Gasteiger partial charge in [-0.15, -0.1) is 0 Å². The highest BCUT2D eigenvalue weighted by molar-refractivity contribution is 5.80. The zero-order valence-corrected chi connectivity index (χ0v) is 21.2. The molecule has 176 valence electrons. The van der Waals surface area contributed by atoms with Gasteiger partial charge in [0.25, 0.3) is 0 Å². The van der Waals surface area contributed by atoms with Crippen molar-refractivity contribution in [1.29, 1.82) is 0 Å². The minimum Gasteiger partial charge on any atom is -0.365 e. The molecule has 0 amide bonds. The first-order chi connectivity index (χ1) is 14.6. The molecule has 10 atom stereocenters. The highest BCUT2D eigenvalue weighted by Crippen LogP contribution is 2.74. The Hall–Kier alpha value is -0.370. The van der Waals surface area contributed by atoms with Crippen LogP contribution in [0.3, 0.4) is 0 Å². The lowest BCUT2D eigenvalue weighted by Crippen LogP contribution is -2.58. The van der Waals surface area contributed by atoms with E-state index in [2.05, 4.69) is 34.6 Å². The molecule has 4 saturated carbocycles. The maximum atomic E-state index is 12.2. The van der Waals surface area contributed by atoms with E-state index in [9.17, 15) is 4.79 Å². The van der Waals surface area contributed by atoms with Crippen LogP contribution in [0.15, 0.2) is 0 Å². The molecular formula is C29H48O2. The smallest absolute Gasteiger partial charge is 0.135 e. The van der Waals surface area contributed by atoms with Gasteiger partial charge in [0.2, 0.25) is 0 Å². The first-order valence-electron chi connectivity index (χ1n) is 13.8. The molecule has 2 nitrogen and oxygen atoms in total. The summed E-state index contributed by atoms with van der Waals surface area (Å²) >= 11 is 0. The van der Waals surface area contributed by atoms with Gasteiger partial charge in [-0.2, -0.15) is 0 Å². The van der Waals surface area contributed by atoms with E-state index >= 15 is 0 Å². The van der Waals surface area contributed by atoms with E-state index < -0.39 is 0 Å². The third-order valence-corrected chi connectivity index (χ3v) is 11.9. The lowest BCUT2D eigenvalue weighted by Gasteiger charge is -2.60. The van der Waals surface area contributed by atoms with Crippen molar-refractivity contribution in [3.05, 3.63) is 0 Å². The number of fused-ring (bicyclic) bond motifs is 4.